The van der Waals surface area contributed by atoms with Crippen LogP contribution in [0.4, 0.5) is 5.82 Å². The maximum absolute atomic E-state index is 12.1. The summed E-state index contributed by atoms with van der Waals surface area (Å²) in [7, 11) is -1.16. The van der Waals surface area contributed by atoms with Crippen molar-refractivity contribution in [3.8, 4) is 0 Å². The molecule has 1 fully saturated rings. The molecule has 0 saturated carbocycles. The third-order valence-corrected chi connectivity index (χ3v) is 5.76. The van der Waals surface area contributed by atoms with Crippen molar-refractivity contribution >= 4 is 21.6 Å². The van der Waals surface area contributed by atoms with Gasteiger partial charge < -0.3 is 10.2 Å². The fourth-order valence-electron chi connectivity index (χ4n) is 2.50. The molecule has 0 spiro atoms. The van der Waals surface area contributed by atoms with Crippen LogP contribution in [0.5, 0.6) is 0 Å². The van der Waals surface area contributed by atoms with Crippen molar-refractivity contribution in [2.45, 2.75) is 32.7 Å². The average molecular weight is 340 g/mol. The van der Waals surface area contributed by atoms with E-state index in [0.29, 0.717) is 30.4 Å². The minimum atomic E-state index is -2.96. The lowest BCUT2D eigenvalue weighted by Gasteiger charge is -2.24. The molecule has 0 aliphatic carbocycles. The molecule has 8 heteroatoms. The van der Waals surface area contributed by atoms with Gasteiger partial charge in [0.1, 0.15) is 17.8 Å². The van der Waals surface area contributed by atoms with Gasteiger partial charge >= 0.3 is 0 Å². The van der Waals surface area contributed by atoms with E-state index in [1.54, 1.807) is 13.1 Å². The number of carbonyl (C=O) groups excluding carboxylic acids is 1. The lowest BCUT2D eigenvalue weighted by atomic mass is 10.1. The monoisotopic (exact) mass is 340 g/mol. The summed E-state index contributed by atoms with van der Waals surface area (Å²) in [5.41, 5.74) is 0.298. The summed E-state index contributed by atoms with van der Waals surface area (Å²) in [6.07, 6.45) is 2.83. The highest BCUT2D eigenvalue weighted by Gasteiger charge is 2.31. The summed E-state index contributed by atoms with van der Waals surface area (Å²) in [6.45, 7) is 4.80. The van der Waals surface area contributed by atoms with Gasteiger partial charge in [-0.1, -0.05) is 13.8 Å². The molecule has 1 saturated heterocycles. The Morgan fingerprint density at radius 3 is 2.78 bits per heavy atom. The van der Waals surface area contributed by atoms with E-state index >= 15 is 0 Å². The van der Waals surface area contributed by atoms with E-state index < -0.39 is 9.84 Å². The van der Waals surface area contributed by atoms with E-state index in [-0.39, 0.29) is 23.5 Å². The van der Waals surface area contributed by atoms with Crippen molar-refractivity contribution < 1.29 is 13.2 Å². The molecule has 1 unspecified atom stereocenters. The Morgan fingerprint density at radius 2 is 2.17 bits per heavy atom. The highest BCUT2D eigenvalue weighted by molar-refractivity contribution is 7.91. The fourth-order valence-corrected chi connectivity index (χ4v) is 4.27. The van der Waals surface area contributed by atoms with E-state index in [9.17, 15) is 13.2 Å². The highest BCUT2D eigenvalue weighted by Crippen LogP contribution is 2.21. The fraction of sp³-hybridized carbons (Fsp3) is 0.667. The van der Waals surface area contributed by atoms with Crippen molar-refractivity contribution in [2.75, 3.05) is 30.0 Å². The number of anilines is 1. The summed E-state index contributed by atoms with van der Waals surface area (Å²) in [5.74, 6) is 1.18. The summed E-state index contributed by atoms with van der Waals surface area (Å²) < 4.78 is 23.2. The normalized spacial score (nSPS) is 19.7. The second-order valence-corrected chi connectivity index (χ2v) is 8.60. The van der Waals surface area contributed by atoms with Crippen LogP contribution < -0.4 is 10.2 Å². The van der Waals surface area contributed by atoms with Gasteiger partial charge in [-0.2, -0.15) is 0 Å². The number of hydrogen-bond donors (Lipinski definition) is 1. The van der Waals surface area contributed by atoms with Gasteiger partial charge in [0.15, 0.2) is 9.84 Å². The Morgan fingerprint density at radius 1 is 1.43 bits per heavy atom. The van der Waals surface area contributed by atoms with E-state index in [1.807, 2.05) is 4.90 Å². The maximum atomic E-state index is 12.1. The molecule has 1 aliphatic heterocycles. The summed E-state index contributed by atoms with van der Waals surface area (Å²) in [6, 6.07) is 1.50. The molecule has 128 valence electrons. The second kappa shape index (κ2) is 7.25. The molecule has 1 aromatic heterocycles. The second-order valence-electron chi connectivity index (χ2n) is 6.37. The van der Waals surface area contributed by atoms with Crippen LogP contribution in [0, 0.1) is 5.92 Å². The first-order valence-electron chi connectivity index (χ1n) is 7.82. The molecule has 0 aromatic carbocycles. The minimum Gasteiger partial charge on any atom is -0.356 e. The van der Waals surface area contributed by atoms with E-state index in [1.165, 1.54) is 6.33 Å². The molecule has 1 atom stereocenters. The first-order valence-corrected chi connectivity index (χ1v) is 9.64. The molecule has 1 aromatic rings. The molecule has 0 radical (unpaired) electrons. The van der Waals surface area contributed by atoms with Crippen molar-refractivity contribution in [3.63, 3.8) is 0 Å². The van der Waals surface area contributed by atoms with Gasteiger partial charge in [0.25, 0.3) is 5.91 Å². The Labute approximate surface area is 137 Å². The Bertz CT molecular complexity index is 660. The zero-order valence-corrected chi connectivity index (χ0v) is 14.6. The first-order chi connectivity index (χ1) is 10.8. The van der Waals surface area contributed by atoms with Gasteiger partial charge in [0.2, 0.25) is 0 Å². The van der Waals surface area contributed by atoms with Gasteiger partial charge in [-0.05, 0) is 18.8 Å². The van der Waals surface area contributed by atoms with Crippen LogP contribution in [0.1, 0.15) is 37.2 Å². The third kappa shape index (κ3) is 4.89. The van der Waals surface area contributed by atoms with Crippen LogP contribution >= 0.6 is 0 Å². The van der Waals surface area contributed by atoms with Crippen molar-refractivity contribution in [3.05, 3.63) is 18.1 Å². The number of rotatable bonds is 6. The summed E-state index contributed by atoms with van der Waals surface area (Å²) in [4.78, 5) is 22.1. The van der Waals surface area contributed by atoms with Gasteiger partial charge in [-0.3, -0.25) is 4.79 Å². The number of sulfone groups is 1. The minimum absolute atomic E-state index is 0.105. The van der Waals surface area contributed by atoms with E-state index in [0.717, 1.165) is 6.42 Å². The zero-order valence-electron chi connectivity index (χ0n) is 13.8. The summed E-state index contributed by atoms with van der Waals surface area (Å²) >= 11 is 0. The molecule has 2 heterocycles. The molecule has 23 heavy (non-hydrogen) atoms. The zero-order chi connectivity index (χ0) is 17.0. The Kier molecular flexibility index (Phi) is 5.56. The quantitative estimate of drug-likeness (QED) is 0.826. The van der Waals surface area contributed by atoms with Crippen LogP contribution in [-0.2, 0) is 9.84 Å². The van der Waals surface area contributed by atoms with Crippen molar-refractivity contribution in [1.82, 2.24) is 15.3 Å². The molecule has 2 rings (SSSR count). The highest BCUT2D eigenvalue weighted by atomic mass is 32.2. The Hall–Kier alpha value is -1.70. The van der Waals surface area contributed by atoms with E-state index in [2.05, 4.69) is 29.1 Å². The number of nitrogens with zero attached hydrogens (tertiary/aromatic N) is 3. The molecule has 7 nitrogen and oxygen atoms in total. The van der Waals surface area contributed by atoms with Gasteiger partial charge in [0, 0.05) is 25.7 Å². The first kappa shape index (κ1) is 17.7. The molecule has 1 aliphatic rings. The van der Waals surface area contributed by atoms with E-state index in [4.69, 9.17) is 0 Å². The third-order valence-electron chi connectivity index (χ3n) is 4.01. The number of aromatic nitrogens is 2. The predicted molar refractivity (Wildman–Crippen MR) is 89.3 cm³/mol. The van der Waals surface area contributed by atoms with Crippen LogP contribution in [0.2, 0.25) is 0 Å². The SMILES string of the molecule is CC(C)CCNC(=O)c1cc(N(C)C2CCS(=O)(=O)C2)ncn1. The lowest BCUT2D eigenvalue weighted by molar-refractivity contribution is 0.0947. The largest absolute Gasteiger partial charge is 0.356 e. The summed E-state index contributed by atoms with van der Waals surface area (Å²) in [5, 5.41) is 2.84. The number of nitrogens with one attached hydrogen (secondary N) is 1. The van der Waals surface area contributed by atoms with Crippen molar-refractivity contribution in [2.24, 2.45) is 5.92 Å². The Balaban J connectivity index is 2.03. The molecule has 1 amide bonds. The number of amides is 1. The van der Waals surface area contributed by atoms with Crippen LogP contribution in [-0.4, -0.2) is 55.4 Å². The van der Waals surface area contributed by atoms with Crippen LogP contribution in [0.15, 0.2) is 12.4 Å². The van der Waals surface area contributed by atoms with Crippen molar-refractivity contribution in [1.29, 1.82) is 0 Å². The number of carbonyl (C=O) groups is 1. The number of hydrogen-bond acceptors (Lipinski definition) is 6. The van der Waals surface area contributed by atoms with Gasteiger partial charge in [0.05, 0.1) is 11.5 Å². The molecular formula is C15H24N4O3S. The standard InChI is InChI=1S/C15H24N4O3S/c1-11(2)4-6-16-15(20)13-8-14(18-10-17-13)19(3)12-5-7-23(21,22)9-12/h8,10-12H,4-7,9H2,1-3H3,(H,16,20). The van der Waals surface area contributed by atoms with Gasteiger partial charge in [-0.15, -0.1) is 0 Å². The maximum Gasteiger partial charge on any atom is 0.270 e. The molecular weight excluding hydrogens is 316 g/mol. The van der Waals surface area contributed by atoms with Crippen LogP contribution in [0.25, 0.3) is 0 Å². The van der Waals surface area contributed by atoms with Crippen LogP contribution in [0.3, 0.4) is 0 Å². The van der Waals surface area contributed by atoms with Gasteiger partial charge in [-0.25, -0.2) is 18.4 Å². The molecule has 0 bridgehead atoms. The average Bonchev–Trinajstić information content (AvgIpc) is 2.86. The lowest BCUT2D eigenvalue weighted by Crippen LogP contribution is -2.33. The smallest absolute Gasteiger partial charge is 0.270 e. The molecule has 1 N–H and O–H groups in total. The topological polar surface area (TPSA) is 92.3 Å². The predicted octanol–water partition coefficient (Wildman–Crippen LogP) is 0.876.